The highest BCUT2D eigenvalue weighted by Crippen LogP contribution is 2.31. The summed E-state index contributed by atoms with van der Waals surface area (Å²) in [6.07, 6.45) is -8.88. The summed E-state index contributed by atoms with van der Waals surface area (Å²) in [4.78, 5) is 8.57. The second-order valence-corrected chi connectivity index (χ2v) is 6.99. The fourth-order valence-electron chi connectivity index (χ4n) is 2.98. The van der Waals surface area contributed by atoms with Crippen molar-refractivity contribution in [2.24, 2.45) is 9.98 Å². The molecular weight excluding hydrogens is 406 g/mol. The molecule has 0 fully saturated rings. The number of rotatable bonds is 5. The highest BCUT2D eigenvalue weighted by molar-refractivity contribution is 6.01. The fraction of sp³-hybridized carbons (Fsp3) is 0.364. The van der Waals surface area contributed by atoms with Crippen molar-refractivity contribution in [3.8, 4) is 0 Å². The first kappa shape index (κ1) is 23.6. The van der Waals surface area contributed by atoms with Gasteiger partial charge < -0.3 is 0 Å². The number of halogens is 6. The van der Waals surface area contributed by atoms with Gasteiger partial charge in [-0.2, -0.15) is 26.3 Å². The van der Waals surface area contributed by atoms with Crippen LogP contribution in [-0.2, 0) is 12.4 Å². The van der Waals surface area contributed by atoms with Crippen LogP contribution in [-0.4, -0.2) is 24.5 Å². The zero-order chi connectivity index (χ0) is 22.7. The van der Waals surface area contributed by atoms with Gasteiger partial charge >= 0.3 is 12.4 Å². The van der Waals surface area contributed by atoms with Crippen LogP contribution in [0.3, 0.4) is 0 Å². The third-order valence-corrected chi connectivity index (χ3v) is 4.71. The number of nitrogens with zero attached hydrogens (tertiary/aromatic N) is 2. The topological polar surface area (TPSA) is 24.7 Å². The van der Waals surface area contributed by atoms with Gasteiger partial charge in [-0.05, 0) is 74.2 Å². The van der Waals surface area contributed by atoms with Crippen LogP contribution in [0.2, 0.25) is 0 Å². The van der Waals surface area contributed by atoms with E-state index in [9.17, 15) is 26.3 Å². The van der Waals surface area contributed by atoms with Crippen molar-refractivity contribution in [1.82, 2.24) is 0 Å². The van der Waals surface area contributed by atoms with Crippen LogP contribution in [0.5, 0.6) is 0 Å². The minimum Gasteiger partial charge on any atom is -0.287 e. The Morgan fingerprint density at radius 3 is 1.30 bits per heavy atom. The SMILES string of the molecule is C/C(=N\CC/N=C(\C)c1cc(C(F)(F)F)ccc1C)c1cc(C(F)(F)F)ccc1C. The minimum atomic E-state index is -4.44. The molecule has 0 spiro atoms. The molecule has 0 aliphatic rings. The zero-order valence-corrected chi connectivity index (χ0v) is 17.0. The molecule has 0 unspecified atom stereocenters. The van der Waals surface area contributed by atoms with Gasteiger partial charge in [-0.1, -0.05) is 12.1 Å². The molecular formula is C22H22F6N2. The van der Waals surface area contributed by atoms with Gasteiger partial charge in [-0.15, -0.1) is 0 Å². The summed E-state index contributed by atoms with van der Waals surface area (Å²) in [5.74, 6) is 0. The number of benzene rings is 2. The molecule has 0 aromatic heterocycles. The Bertz CT molecular complexity index is 889. The molecule has 0 aliphatic heterocycles. The largest absolute Gasteiger partial charge is 0.416 e. The lowest BCUT2D eigenvalue weighted by Gasteiger charge is -2.12. The van der Waals surface area contributed by atoms with E-state index in [4.69, 9.17) is 0 Å². The summed E-state index contributed by atoms with van der Waals surface area (Å²) in [7, 11) is 0. The maximum Gasteiger partial charge on any atom is 0.416 e. The summed E-state index contributed by atoms with van der Waals surface area (Å²) >= 11 is 0. The Morgan fingerprint density at radius 2 is 1.00 bits per heavy atom. The second-order valence-electron chi connectivity index (χ2n) is 6.99. The highest BCUT2D eigenvalue weighted by Gasteiger charge is 2.31. The normalized spacial score (nSPS) is 13.7. The minimum absolute atomic E-state index is 0.205. The van der Waals surface area contributed by atoms with Gasteiger partial charge in [0.25, 0.3) is 0 Å². The first-order chi connectivity index (χ1) is 13.8. The van der Waals surface area contributed by atoms with Crippen molar-refractivity contribution in [1.29, 1.82) is 0 Å². The third-order valence-electron chi connectivity index (χ3n) is 4.71. The van der Waals surface area contributed by atoms with Gasteiger partial charge in [0.1, 0.15) is 0 Å². The summed E-state index contributed by atoms with van der Waals surface area (Å²) in [6, 6.07) is 6.98. The van der Waals surface area contributed by atoms with E-state index in [2.05, 4.69) is 9.98 Å². The lowest BCUT2D eigenvalue weighted by molar-refractivity contribution is -0.138. The molecule has 2 aromatic rings. The Labute approximate surface area is 171 Å². The van der Waals surface area contributed by atoms with Gasteiger partial charge in [-0.25, -0.2) is 0 Å². The molecule has 0 bridgehead atoms. The first-order valence-electron chi connectivity index (χ1n) is 9.19. The van der Waals surface area contributed by atoms with Crippen molar-refractivity contribution >= 4 is 11.4 Å². The summed E-state index contributed by atoms with van der Waals surface area (Å²) in [5.41, 5.74) is 1.55. The van der Waals surface area contributed by atoms with Gasteiger partial charge in [0, 0.05) is 11.4 Å². The Morgan fingerprint density at radius 1 is 0.667 bits per heavy atom. The number of hydrogen-bond acceptors (Lipinski definition) is 2. The Kier molecular flexibility index (Phi) is 7.10. The van der Waals surface area contributed by atoms with Gasteiger partial charge in [0.05, 0.1) is 24.2 Å². The maximum atomic E-state index is 12.9. The van der Waals surface area contributed by atoms with Gasteiger partial charge in [0.15, 0.2) is 0 Å². The van der Waals surface area contributed by atoms with Crippen LogP contribution >= 0.6 is 0 Å². The summed E-state index contributed by atoms with van der Waals surface area (Å²) in [6.45, 7) is 7.06. The molecule has 162 valence electrons. The Hall–Kier alpha value is -2.64. The van der Waals surface area contributed by atoms with E-state index in [1.165, 1.54) is 12.1 Å². The molecule has 0 amide bonds. The van der Waals surface area contributed by atoms with Crippen molar-refractivity contribution in [2.75, 3.05) is 13.1 Å². The Balaban J connectivity index is 2.15. The van der Waals surface area contributed by atoms with E-state index in [0.29, 0.717) is 33.7 Å². The number of alkyl halides is 6. The van der Waals surface area contributed by atoms with Crippen LogP contribution in [0.25, 0.3) is 0 Å². The van der Waals surface area contributed by atoms with Crippen molar-refractivity contribution in [2.45, 2.75) is 40.0 Å². The average molecular weight is 428 g/mol. The van der Waals surface area contributed by atoms with Crippen molar-refractivity contribution in [3.63, 3.8) is 0 Å². The lowest BCUT2D eigenvalue weighted by Crippen LogP contribution is -2.09. The average Bonchev–Trinajstić information content (AvgIpc) is 2.63. The molecule has 0 saturated heterocycles. The zero-order valence-electron chi connectivity index (χ0n) is 17.0. The van der Waals surface area contributed by atoms with Crippen LogP contribution < -0.4 is 0 Å². The molecule has 2 nitrogen and oxygen atoms in total. The van der Waals surface area contributed by atoms with E-state index < -0.39 is 23.5 Å². The van der Waals surface area contributed by atoms with Crippen LogP contribution in [0.1, 0.15) is 47.2 Å². The molecule has 0 aliphatic carbocycles. The quantitative estimate of drug-likeness (QED) is 0.289. The van der Waals surface area contributed by atoms with Crippen molar-refractivity contribution in [3.05, 3.63) is 69.8 Å². The molecule has 0 heterocycles. The second kappa shape index (κ2) is 9.02. The molecule has 8 heteroatoms. The summed E-state index contributed by atoms with van der Waals surface area (Å²) in [5, 5.41) is 0. The molecule has 2 rings (SSSR count). The highest BCUT2D eigenvalue weighted by atomic mass is 19.4. The van der Waals surface area contributed by atoms with E-state index >= 15 is 0 Å². The molecule has 30 heavy (non-hydrogen) atoms. The van der Waals surface area contributed by atoms with E-state index in [-0.39, 0.29) is 13.1 Å². The van der Waals surface area contributed by atoms with E-state index in [1.54, 1.807) is 27.7 Å². The first-order valence-corrected chi connectivity index (χ1v) is 9.19. The van der Waals surface area contributed by atoms with E-state index in [0.717, 1.165) is 24.3 Å². The molecule has 0 atom stereocenters. The smallest absolute Gasteiger partial charge is 0.287 e. The van der Waals surface area contributed by atoms with Crippen LogP contribution in [0, 0.1) is 13.8 Å². The third kappa shape index (κ3) is 5.93. The predicted octanol–water partition coefficient (Wildman–Crippen LogP) is 6.66. The van der Waals surface area contributed by atoms with Crippen molar-refractivity contribution < 1.29 is 26.3 Å². The summed E-state index contributed by atoms with van der Waals surface area (Å²) < 4.78 is 77.6. The maximum absolute atomic E-state index is 12.9. The number of aryl methyl sites for hydroxylation is 2. The van der Waals surface area contributed by atoms with Crippen LogP contribution in [0.15, 0.2) is 46.4 Å². The molecule has 0 N–H and O–H groups in total. The fourth-order valence-corrected chi connectivity index (χ4v) is 2.98. The predicted molar refractivity (Wildman–Crippen MR) is 107 cm³/mol. The number of aliphatic imine (C=N–C) groups is 2. The van der Waals surface area contributed by atoms with Crippen LogP contribution in [0.4, 0.5) is 26.3 Å². The molecule has 0 radical (unpaired) electrons. The number of hydrogen-bond donors (Lipinski definition) is 0. The standard InChI is InChI=1S/C22H22F6N2/c1-13-5-7-17(21(23,24)25)11-19(13)15(3)29-9-10-30-16(4)20-12-18(22(26,27)28)8-6-14(20)2/h5-8,11-12H,9-10H2,1-4H3/b29-15+,30-16+. The monoisotopic (exact) mass is 428 g/mol. The molecule has 0 saturated carbocycles. The lowest BCUT2D eigenvalue weighted by atomic mass is 10.0. The van der Waals surface area contributed by atoms with Gasteiger partial charge in [-0.3, -0.25) is 9.98 Å². The van der Waals surface area contributed by atoms with Gasteiger partial charge in [0.2, 0.25) is 0 Å². The molecule has 2 aromatic carbocycles. The van der Waals surface area contributed by atoms with E-state index in [1.807, 2.05) is 0 Å².